The number of aromatic carboxylic acids is 1. The van der Waals surface area contributed by atoms with Gasteiger partial charge in [0.05, 0.1) is 11.1 Å². The van der Waals surface area contributed by atoms with Gasteiger partial charge in [0.15, 0.2) is 11.5 Å². The van der Waals surface area contributed by atoms with Crippen molar-refractivity contribution >= 4 is 17.4 Å². The number of aromatic hydroxyl groups is 2. The van der Waals surface area contributed by atoms with Gasteiger partial charge in [-0.05, 0) is 18.2 Å². The number of ketones is 1. The molecule has 0 fully saturated rings. The van der Waals surface area contributed by atoms with Gasteiger partial charge in [-0.1, -0.05) is 18.2 Å². The molecule has 6 heteroatoms. The molecule has 22 heavy (non-hydrogen) atoms. The van der Waals surface area contributed by atoms with E-state index in [4.69, 9.17) is 5.11 Å². The van der Waals surface area contributed by atoms with Crippen molar-refractivity contribution in [1.29, 1.82) is 0 Å². The Kier molecular flexibility index (Phi) is 4.03. The summed E-state index contributed by atoms with van der Waals surface area (Å²) >= 11 is 0. The highest BCUT2D eigenvalue weighted by atomic mass is 16.4. The van der Waals surface area contributed by atoms with Crippen LogP contribution in [0.5, 0.6) is 11.5 Å². The van der Waals surface area contributed by atoms with Gasteiger partial charge in [-0.2, -0.15) is 0 Å². The van der Waals surface area contributed by atoms with Gasteiger partial charge in [0, 0.05) is 19.7 Å². The minimum Gasteiger partial charge on any atom is -0.506 e. The van der Waals surface area contributed by atoms with Gasteiger partial charge in [-0.15, -0.1) is 0 Å². The Morgan fingerprint density at radius 1 is 0.909 bits per heavy atom. The third kappa shape index (κ3) is 2.58. The molecular weight excluding hydrogens is 286 g/mol. The van der Waals surface area contributed by atoms with Crippen LogP contribution >= 0.6 is 0 Å². The molecule has 0 bridgehead atoms. The Balaban J connectivity index is 2.61. The number of nitrogens with zero attached hydrogens (tertiary/aromatic N) is 1. The molecule has 0 saturated carbocycles. The van der Waals surface area contributed by atoms with Crippen molar-refractivity contribution in [2.24, 2.45) is 0 Å². The molecule has 114 valence electrons. The summed E-state index contributed by atoms with van der Waals surface area (Å²) in [7, 11) is 3.21. The third-order valence-corrected chi connectivity index (χ3v) is 3.22. The van der Waals surface area contributed by atoms with Crippen molar-refractivity contribution in [2.45, 2.75) is 0 Å². The maximum absolute atomic E-state index is 12.6. The number of phenolic OH excluding ortho intramolecular Hbond substituents is 2. The molecule has 2 aromatic rings. The topological polar surface area (TPSA) is 98.1 Å². The first-order valence-corrected chi connectivity index (χ1v) is 6.44. The Hall–Kier alpha value is -3.02. The molecular formula is C16H15NO5. The van der Waals surface area contributed by atoms with E-state index in [1.54, 1.807) is 20.2 Å². The highest BCUT2D eigenvalue weighted by Gasteiger charge is 2.23. The van der Waals surface area contributed by atoms with E-state index in [0.29, 0.717) is 0 Å². The maximum Gasteiger partial charge on any atom is 0.336 e. The van der Waals surface area contributed by atoms with Crippen LogP contribution in [-0.2, 0) is 0 Å². The fourth-order valence-corrected chi connectivity index (χ4v) is 2.21. The minimum absolute atomic E-state index is 0.0271. The summed E-state index contributed by atoms with van der Waals surface area (Å²) in [5, 5.41) is 29.2. The molecule has 6 nitrogen and oxygen atoms in total. The SMILES string of the molecule is CN(C)c1c(O)ccc(C(=O)c2ccccc2C(=O)O)c1O. The van der Waals surface area contributed by atoms with Crippen molar-refractivity contribution in [3.05, 3.63) is 53.1 Å². The molecule has 0 atom stereocenters. The number of rotatable bonds is 4. The first kappa shape index (κ1) is 15.4. The van der Waals surface area contributed by atoms with Crippen LogP contribution < -0.4 is 4.90 Å². The monoisotopic (exact) mass is 301 g/mol. The Bertz CT molecular complexity index is 752. The number of hydrogen-bond acceptors (Lipinski definition) is 5. The highest BCUT2D eigenvalue weighted by molar-refractivity contribution is 6.16. The van der Waals surface area contributed by atoms with Crippen LogP contribution in [0.2, 0.25) is 0 Å². The molecule has 0 aliphatic rings. The molecule has 0 heterocycles. The van der Waals surface area contributed by atoms with Crippen molar-refractivity contribution in [3.8, 4) is 11.5 Å². The quantitative estimate of drug-likeness (QED) is 0.748. The first-order valence-electron chi connectivity index (χ1n) is 6.44. The van der Waals surface area contributed by atoms with Gasteiger partial charge >= 0.3 is 5.97 Å². The van der Waals surface area contributed by atoms with Crippen LogP contribution in [0, 0.1) is 0 Å². The Labute approximate surface area is 126 Å². The van der Waals surface area contributed by atoms with Crippen molar-refractivity contribution in [2.75, 3.05) is 19.0 Å². The average molecular weight is 301 g/mol. The van der Waals surface area contributed by atoms with Gasteiger partial charge in [0.2, 0.25) is 0 Å². The second-order valence-corrected chi connectivity index (χ2v) is 4.90. The number of carbonyl (C=O) groups excluding carboxylic acids is 1. The fraction of sp³-hybridized carbons (Fsp3) is 0.125. The number of anilines is 1. The van der Waals surface area contributed by atoms with Crippen molar-refractivity contribution in [1.82, 2.24) is 0 Å². The molecule has 3 N–H and O–H groups in total. The lowest BCUT2D eigenvalue weighted by atomic mass is 9.97. The van der Waals surface area contributed by atoms with Gasteiger partial charge in [0.1, 0.15) is 11.4 Å². The summed E-state index contributed by atoms with van der Waals surface area (Å²) < 4.78 is 0. The van der Waals surface area contributed by atoms with E-state index in [9.17, 15) is 19.8 Å². The molecule has 0 aliphatic heterocycles. The van der Waals surface area contributed by atoms with Crippen LogP contribution in [-0.4, -0.2) is 41.2 Å². The molecule has 0 saturated heterocycles. The summed E-state index contributed by atoms with van der Waals surface area (Å²) in [6.45, 7) is 0. The predicted molar refractivity (Wildman–Crippen MR) is 80.9 cm³/mol. The third-order valence-electron chi connectivity index (χ3n) is 3.22. The summed E-state index contributed by atoms with van der Waals surface area (Å²) in [5.41, 5.74) is -0.152. The second-order valence-electron chi connectivity index (χ2n) is 4.90. The predicted octanol–water partition coefficient (Wildman–Crippen LogP) is 2.09. The molecule has 2 rings (SSSR count). The van der Waals surface area contributed by atoms with E-state index in [-0.39, 0.29) is 28.1 Å². The Morgan fingerprint density at radius 2 is 1.50 bits per heavy atom. The number of hydrogen-bond donors (Lipinski definition) is 3. The Morgan fingerprint density at radius 3 is 2.05 bits per heavy atom. The lowest BCUT2D eigenvalue weighted by Gasteiger charge is -2.18. The van der Waals surface area contributed by atoms with Crippen molar-refractivity contribution in [3.63, 3.8) is 0 Å². The van der Waals surface area contributed by atoms with E-state index in [2.05, 4.69) is 0 Å². The van der Waals surface area contributed by atoms with E-state index in [1.165, 1.54) is 35.2 Å². The zero-order valence-electron chi connectivity index (χ0n) is 12.1. The molecule has 0 aliphatic carbocycles. The smallest absolute Gasteiger partial charge is 0.336 e. The lowest BCUT2D eigenvalue weighted by Crippen LogP contribution is -2.13. The fourth-order valence-electron chi connectivity index (χ4n) is 2.21. The summed E-state index contributed by atoms with van der Waals surface area (Å²) in [6, 6.07) is 8.31. The van der Waals surface area contributed by atoms with Gasteiger partial charge in [-0.25, -0.2) is 4.79 Å². The van der Waals surface area contributed by atoms with E-state index < -0.39 is 17.5 Å². The van der Waals surface area contributed by atoms with E-state index in [1.807, 2.05) is 0 Å². The number of phenols is 2. The number of carbonyl (C=O) groups is 2. The molecule has 0 radical (unpaired) electrons. The van der Waals surface area contributed by atoms with Gasteiger partial charge in [-0.3, -0.25) is 4.79 Å². The van der Waals surface area contributed by atoms with Gasteiger partial charge in [0.25, 0.3) is 0 Å². The number of carboxylic acid groups (broad SMARTS) is 1. The van der Waals surface area contributed by atoms with Crippen LogP contribution in [0.1, 0.15) is 26.3 Å². The molecule has 0 unspecified atom stereocenters. The minimum atomic E-state index is -1.23. The molecule has 0 spiro atoms. The zero-order valence-corrected chi connectivity index (χ0v) is 12.1. The van der Waals surface area contributed by atoms with Crippen molar-refractivity contribution < 1.29 is 24.9 Å². The van der Waals surface area contributed by atoms with Gasteiger partial charge < -0.3 is 20.2 Å². The maximum atomic E-state index is 12.6. The van der Waals surface area contributed by atoms with E-state index >= 15 is 0 Å². The highest BCUT2D eigenvalue weighted by Crippen LogP contribution is 2.38. The first-order chi connectivity index (χ1) is 10.3. The van der Waals surface area contributed by atoms with E-state index in [0.717, 1.165) is 0 Å². The van der Waals surface area contributed by atoms with Crippen LogP contribution in [0.15, 0.2) is 36.4 Å². The van der Waals surface area contributed by atoms with Crippen LogP contribution in [0.3, 0.4) is 0 Å². The standard InChI is InChI=1S/C16H15NO5/c1-17(2)13-12(18)8-7-11(15(13)20)14(19)9-5-3-4-6-10(9)16(21)22/h3-8,18,20H,1-2H3,(H,21,22). The largest absolute Gasteiger partial charge is 0.506 e. The lowest BCUT2D eigenvalue weighted by molar-refractivity contribution is 0.0692. The molecule has 0 aromatic heterocycles. The molecule has 0 amide bonds. The van der Waals surface area contributed by atoms with Crippen LogP contribution in [0.25, 0.3) is 0 Å². The van der Waals surface area contributed by atoms with Crippen LogP contribution in [0.4, 0.5) is 5.69 Å². The number of benzene rings is 2. The number of carboxylic acids is 1. The summed E-state index contributed by atoms with van der Waals surface area (Å²) in [6.07, 6.45) is 0. The average Bonchev–Trinajstić information content (AvgIpc) is 2.46. The molecule has 2 aromatic carbocycles. The normalized spacial score (nSPS) is 10.3. The summed E-state index contributed by atoms with van der Waals surface area (Å²) in [5.74, 6) is -2.42. The zero-order chi connectivity index (χ0) is 16.4. The second kappa shape index (κ2) is 5.77. The summed E-state index contributed by atoms with van der Waals surface area (Å²) in [4.78, 5) is 25.2.